The summed E-state index contributed by atoms with van der Waals surface area (Å²) in [6.07, 6.45) is 2.98. The van der Waals surface area contributed by atoms with Gasteiger partial charge in [0, 0.05) is 18.0 Å². The zero-order valence-electron chi connectivity index (χ0n) is 16.6. The Hall–Kier alpha value is -3.79. The predicted octanol–water partition coefficient (Wildman–Crippen LogP) is 3.75. The maximum atomic E-state index is 12.6. The number of pyridine rings is 1. The molecule has 0 aliphatic heterocycles. The number of carbonyl (C=O) groups excluding carboxylic acids is 2. The van der Waals surface area contributed by atoms with Crippen molar-refractivity contribution < 1.29 is 19.2 Å². The third-order valence-electron chi connectivity index (χ3n) is 4.20. The highest BCUT2D eigenvalue weighted by Crippen LogP contribution is 2.27. The normalized spacial score (nSPS) is 10.7. The molecular formula is C20H18ClN5O5. The maximum absolute atomic E-state index is 12.6. The minimum absolute atomic E-state index is 0.0550. The first kappa shape index (κ1) is 21.9. The van der Waals surface area contributed by atoms with Gasteiger partial charge in [0.15, 0.2) is 12.4 Å². The van der Waals surface area contributed by atoms with Crippen molar-refractivity contribution in [1.29, 1.82) is 0 Å². The van der Waals surface area contributed by atoms with E-state index < -0.39 is 23.4 Å². The number of nitro groups is 1. The molecule has 3 rings (SSSR count). The second kappa shape index (κ2) is 9.35. The Labute approximate surface area is 182 Å². The van der Waals surface area contributed by atoms with Crippen LogP contribution in [0.2, 0.25) is 5.02 Å². The van der Waals surface area contributed by atoms with Crippen LogP contribution in [0.5, 0.6) is 0 Å². The van der Waals surface area contributed by atoms with Gasteiger partial charge in [-0.3, -0.25) is 14.9 Å². The van der Waals surface area contributed by atoms with Crippen LogP contribution in [0.1, 0.15) is 35.8 Å². The summed E-state index contributed by atoms with van der Waals surface area (Å²) in [4.78, 5) is 39.2. The molecule has 0 spiro atoms. The number of hydrogen-bond acceptors (Lipinski definition) is 7. The Morgan fingerprint density at radius 1 is 1.29 bits per heavy atom. The van der Waals surface area contributed by atoms with Gasteiger partial charge in [0.2, 0.25) is 0 Å². The van der Waals surface area contributed by atoms with E-state index in [0.717, 1.165) is 6.07 Å². The molecule has 0 bridgehead atoms. The van der Waals surface area contributed by atoms with Crippen molar-refractivity contribution in [2.45, 2.75) is 19.8 Å². The Morgan fingerprint density at radius 2 is 2.06 bits per heavy atom. The van der Waals surface area contributed by atoms with Crippen molar-refractivity contribution in [3.05, 3.63) is 75.2 Å². The molecule has 1 N–H and O–H groups in total. The fraction of sp³-hybridized carbons (Fsp3) is 0.200. The number of anilines is 1. The number of benzene rings is 1. The number of nitrogens with one attached hydrogen (secondary N) is 1. The van der Waals surface area contributed by atoms with E-state index in [2.05, 4.69) is 15.4 Å². The quantitative estimate of drug-likeness (QED) is 0.334. The van der Waals surface area contributed by atoms with Crippen LogP contribution in [0.15, 0.2) is 48.8 Å². The lowest BCUT2D eigenvalue weighted by Gasteiger charge is -2.12. The summed E-state index contributed by atoms with van der Waals surface area (Å²) >= 11 is 5.75. The molecule has 10 nitrogen and oxygen atoms in total. The van der Waals surface area contributed by atoms with Crippen LogP contribution in [0, 0.1) is 10.1 Å². The fourth-order valence-corrected chi connectivity index (χ4v) is 3.06. The van der Waals surface area contributed by atoms with Crippen molar-refractivity contribution >= 4 is 34.9 Å². The standard InChI is InChI=1S/C20H18ClN5O5/c1-12(2)19-14(10-23-25(19)17-5-3-4-8-22-17)20(28)31-11-18(27)24-13-6-7-15(21)16(9-13)26(29)30/h3-10,12H,11H2,1-2H3,(H,24,27). The summed E-state index contributed by atoms with van der Waals surface area (Å²) in [5, 5.41) is 17.6. The minimum Gasteiger partial charge on any atom is -0.452 e. The Bertz CT molecular complexity index is 1130. The van der Waals surface area contributed by atoms with Gasteiger partial charge in [-0.1, -0.05) is 31.5 Å². The van der Waals surface area contributed by atoms with Gasteiger partial charge in [0.25, 0.3) is 11.6 Å². The van der Waals surface area contributed by atoms with E-state index in [0.29, 0.717) is 11.5 Å². The lowest BCUT2D eigenvalue weighted by Crippen LogP contribution is -2.21. The molecular weight excluding hydrogens is 426 g/mol. The number of rotatable bonds is 7. The molecule has 0 aliphatic rings. The molecule has 31 heavy (non-hydrogen) atoms. The van der Waals surface area contributed by atoms with Gasteiger partial charge >= 0.3 is 5.97 Å². The number of ether oxygens (including phenoxy) is 1. The van der Waals surface area contributed by atoms with Crippen molar-refractivity contribution in [3.63, 3.8) is 0 Å². The molecule has 11 heteroatoms. The Morgan fingerprint density at radius 3 is 2.71 bits per heavy atom. The highest BCUT2D eigenvalue weighted by atomic mass is 35.5. The largest absolute Gasteiger partial charge is 0.452 e. The first-order chi connectivity index (χ1) is 14.8. The average Bonchev–Trinajstić information content (AvgIpc) is 3.19. The number of halogens is 1. The average molecular weight is 444 g/mol. The van der Waals surface area contributed by atoms with E-state index in [4.69, 9.17) is 16.3 Å². The molecule has 3 aromatic rings. The molecule has 0 atom stereocenters. The lowest BCUT2D eigenvalue weighted by molar-refractivity contribution is -0.384. The zero-order valence-corrected chi connectivity index (χ0v) is 17.4. The second-order valence-electron chi connectivity index (χ2n) is 6.75. The second-order valence-corrected chi connectivity index (χ2v) is 7.15. The van der Waals surface area contributed by atoms with E-state index in [9.17, 15) is 19.7 Å². The smallest absolute Gasteiger partial charge is 0.342 e. The van der Waals surface area contributed by atoms with E-state index in [-0.39, 0.29) is 27.9 Å². The van der Waals surface area contributed by atoms with Crippen LogP contribution in [0.25, 0.3) is 5.82 Å². The van der Waals surface area contributed by atoms with E-state index in [1.54, 1.807) is 29.1 Å². The topological polar surface area (TPSA) is 129 Å². The fourth-order valence-electron chi connectivity index (χ4n) is 2.87. The third-order valence-corrected chi connectivity index (χ3v) is 4.52. The molecule has 2 heterocycles. The molecule has 0 unspecified atom stereocenters. The van der Waals surface area contributed by atoms with Crippen LogP contribution < -0.4 is 5.32 Å². The zero-order chi connectivity index (χ0) is 22.5. The molecule has 0 radical (unpaired) electrons. The summed E-state index contributed by atoms with van der Waals surface area (Å²) in [6.45, 7) is 3.21. The number of nitro benzene ring substituents is 1. The molecule has 0 saturated heterocycles. The number of carbonyl (C=O) groups is 2. The summed E-state index contributed by atoms with van der Waals surface area (Å²) in [7, 11) is 0. The van der Waals surface area contributed by atoms with Crippen LogP contribution in [0.3, 0.4) is 0 Å². The molecule has 2 aromatic heterocycles. The molecule has 160 valence electrons. The highest BCUT2D eigenvalue weighted by Gasteiger charge is 2.23. The van der Waals surface area contributed by atoms with Crippen LogP contribution in [0.4, 0.5) is 11.4 Å². The summed E-state index contributed by atoms with van der Waals surface area (Å²) in [5.41, 5.74) is 0.621. The third kappa shape index (κ3) is 5.04. The van der Waals surface area contributed by atoms with E-state index in [1.165, 1.54) is 18.3 Å². The van der Waals surface area contributed by atoms with Crippen molar-refractivity contribution in [1.82, 2.24) is 14.8 Å². The molecule has 0 aliphatic carbocycles. The van der Waals surface area contributed by atoms with E-state index >= 15 is 0 Å². The highest BCUT2D eigenvalue weighted by molar-refractivity contribution is 6.32. The minimum atomic E-state index is -0.719. The number of hydrogen-bond donors (Lipinski definition) is 1. The van der Waals surface area contributed by atoms with Gasteiger partial charge in [-0.05, 0) is 30.2 Å². The summed E-state index contributed by atoms with van der Waals surface area (Å²) in [6, 6.07) is 9.15. The van der Waals surface area contributed by atoms with Crippen LogP contribution in [-0.2, 0) is 9.53 Å². The van der Waals surface area contributed by atoms with Gasteiger partial charge in [-0.15, -0.1) is 0 Å². The summed E-state index contributed by atoms with van der Waals surface area (Å²) < 4.78 is 6.67. The van der Waals surface area contributed by atoms with Crippen LogP contribution in [-0.4, -0.2) is 38.2 Å². The molecule has 1 amide bonds. The van der Waals surface area contributed by atoms with Gasteiger partial charge in [0.1, 0.15) is 10.6 Å². The number of aromatic nitrogens is 3. The predicted molar refractivity (Wildman–Crippen MR) is 112 cm³/mol. The molecule has 1 aromatic carbocycles. The van der Waals surface area contributed by atoms with Crippen molar-refractivity contribution in [3.8, 4) is 5.82 Å². The number of esters is 1. The Balaban J connectivity index is 1.70. The SMILES string of the molecule is CC(C)c1c(C(=O)OCC(=O)Nc2ccc(Cl)c([N+](=O)[O-])c2)cnn1-c1ccccn1. The molecule has 0 fully saturated rings. The van der Waals surface area contributed by atoms with Gasteiger partial charge in [-0.2, -0.15) is 5.10 Å². The Kier molecular flexibility index (Phi) is 6.61. The molecule has 0 saturated carbocycles. The van der Waals surface area contributed by atoms with Crippen LogP contribution >= 0.6 is 11.6 Å². The van der Waals surface area contributed by atoms with Gasteiger partial charge < -0.3 is 10.1 Å². The van der Waals surface area contributed by atoms with Crippen molar-refractivity contribution in [2.75, 3.05) is 11.9 Å². The lowest BCUT2D eigenvalue weighted by atomic mass is 10.1. The summed E-state index contributed by atoms with van der Waals surface area (Å²) in [5.74, 6) is -0.904. The number of nitrogens with zero attached hydrogens (tertiary/aromatic N) is 4. The van der Waals surface area contributed by atoms with Gasteiger partial charge in [0.05, 0.1) is 16.8 Å². The maximum Gasteiger partial charge on any atom is 0.342 e. The van der Waals surface area contributed by atoms with Crippen molar-refractivity contribution in [2.24, 2.45) is 0 Å². The number of amides is 1. The van der Waals surface area contributed by atoms with E-state index in [1.807, 2.05) is 13.8 Å². The first-order valence-corrected chi connectivity index (χ1v) is 9.56. The first-order valence-electron chi connectivity index (χ1n) is 9.18. The monoisotopic (exact) mass is 443 g/mol. The van der Waals surface area contributed by atoms with Gasteiger partial charge in [-0.25, -0.2) is 14.5 Å².